The molecule has 0 saturated heterocycles. The predicted octanol–water partition coefficient (Wildman–Crippen LogP) is 3.72. The van der Waals surface area contributed by atoms with Crippen LogP contribution in [0.25, 0.3) is 0 Å². The number of ether oxygens (including phenoxy) is 1. The van der Waals surface area contributed by atoms with Crippen LogP contribution in [-0.4, -0.2) is 36.3 Å². The maximum Gasteiger partial charge on any atom is 0.262 e. The molecule has 1 unspecified atom stereocenters. The zero-order valence-electron chi connectivity index (χ0n) is 16.1. The summed E-state index contributed by atoms with van der Waals surface area (Å²) in [7, 11) is 1.43. The Balaban J connectivity index is 2.11. The minimum absolute atomic E-state index is 0.110. The van der Waals surface area contributed by atoms with Crippen LogP contribution in [0.5, 0.6) is 11.5 Å². The Morgan fingerprint density at radius 3 is 2.59 bits per heavy atom. The van der Waals surface area contributed by atoms with E-state index in [-0.39, 0.29) is 23.0 Å². The van der Waals surface area contributed by atoms with Crippen LogP contribution in [0.4, 0.5) is 0 Å². The molecule has 9 heteroatoms. The largest absolute Gasteiger partial charge is 0.504 e. The van der Waals surface area contributed by atoms with E-state index in [9.17, 15) is 14.7 Å². The normalized spacial score (nSPS) is 12.1. The Hall–Kier alpha value is -2.58. The van der Waals surface area contributed by atoms with Crippen LogP contribution in [-0.2, 0) is 4.79 Å². The smallest absolute Gasteiger partial charge is 0.262 e. The summed E-state index contributed by atoms with van der Waals surface area (Å²) in [4.78, 5) is 25.0. The third-order valence-corrected chi connectivity index (χ3v) is 4.81. The number of amides is 2. The fourth-order valence-corrected chi connectivity index (χ4v) is 3.16. The van der Waals surface area contributed by atoms with Crippen molar-refractivity contribution < 1.29 is 19.4 Å². The van der Waals surface area contributed by atoms with Gasteiger partial charge in [-0.05, 0) is 30.2 Å². The van der Waals surface area contributed by atoms with Crippen molar-refractivity contribution in [2.75, 3.05) is 7.11 Å². The molecule has 7 nitrogen and oxygen atoms in total. The average Bonchev–Trinajstić information content (AvgIpc) is 2.68. The highest BCUT2D eigenvalue weighted by Crippen LogP contribution is 2.32. The average molecular weight is 483 g/mol. The van der Waals surface area contributed by atoms with E-state index in [2.05, 4.69) is 31.8 Å². The fraction of sp³-hybridized carbons (Fsp3) is 0.250. The van der Waals surface area contributed by atoms with Gasteiger partial charge in [0, 0.05) is 10.0 Å². The number of carbonyl (C=O) groups is 2. The standard InChI is InChI=1S/C20H21BrClN3O4/c1-11(2)17(24-19(27)14-6-4-5-7-15(14)22)20(28)25-23-10-12-8-13(21)9-16(29-3)18(12)26/h4-11,17,26H,1-3H3,(H,24,27)(H,25,28)/b23-10+. The maximum absolute atomic E-state index is 12.5. The highest BCUT2D eigenvalue weighted by Gasteiger charge is 2.25. The van der Waals surface area contributed by atoms with E-state index >= 15 is 0 Å². The molecule has 1 atom stereocenters. The summed E-state index contributed by atoms with van der Waals surface area (Å²) in [6.07, 6.45) is 1.29. The molecule has 3 N–H and O–H groups in total. The predicted molar refractivity (Wildman–Crippen MR) is 116 cm³/mol. The second kappa shape index (κ2) is 10.3. The number of phenolic OH excluding ortho intramolecular Hbond substituents is 1. The Morgan fingerprint density at radius 1 is 1.28 bits per heavy atom. The number of halogens is 2. The van der Waals surface area contributed by atoms with Crippen molar-refractivity contribution in [2.45, 2.75) is 19.9 Å². The van der Waals surface area contributed by atoms with Crippen molar-refractivity contribution in [3.63, 3.8) is 0 Å². The Morgan fingerprint density at radius 2 is 1.97 bits per heavy atom. The number of aromatic hydroxyl groups is 1. The summed E-state index contributed by atoms with van der Waals surface area (Å²) in [6.45, 7) is 3.59. The van der Waals surface area contributed by atoms with Gasteiger partial charge < -0.3 is 15.2 Å². The molecular weight excluding hydrogens is 462 g/mol. The summed E-state index contributed by atoms with van der Waals surface area (Å²) in [6, 6.07) is 8.97. The highest BCUT2D eigenvalue weighted by atomic mass is 79.9. The Kier molecular flexibility index (Phi) is 8.04. The molecule has 0 fully saturated rings. The van der Waals surface area contributed by atoms with E-state index in [1.807, 2.05) is 0 Å². The van der Waals surface area contributed by atoms with Gasteiger partial charge in [-0.1, -0.05) is 53.5 Å². The van der Waals surface area contributed by atoms with Crippen molar-refractivity contribution in [3.05, 3.63) is 57.0 Å². The van der Waals surface area contributed by atoms with Crippen LogP contribution in [0.15, 0.2) is 46.0 Å². The molecule has 0 bridgehead atoms. The number of rotatable bonds is 7. The van der Waals surface area contributed by atoms with E-state index in [1.165, 1.54) is 13.3 Å². The summed E-state index contributed by atoms with van der Waals surface area (Å²) in [5.41, 5.74) is 3.01. The minimum atomic E-state index is -0.832. The number of nitrogens with zero attached hydrogens (tertiary/aromatic N) is 1. The third-order valence-electron chi connectivity index (χ3n) is 4.02. The molecule has 2 aromatic rings. The number of hydrogen-bond donors (Lipinski definition) is 3. The van der Waals surface area contributed by atoms with Crippen molar-refractivity contribution >= 4 is 45.6 Å². The molecular formula is C20H21BrClN3O4. The van der Waals surface area contributed by atoms with Gasteiger partial charge in [0.1, 0.15) is 6.04 Å². The molecule has 0 aliphatic carbocycles. The molecule has 0 spiro atoms. The molecule has 0 radical (unpaired) electrons. The molecule has 154 valence electrons. The van der Waals surface area contributed by atoms with Gasteiger partial charge >= 0.3 is 0 Å². The first-order valence-corrected chi connectivity index (χ1v) is 9.86. The van der Waals surface area contributed by atoms with Gasteiger partial charge in [0.15, 0.2) is 11.5 Å². The maximum atomic E-state index is 12.5. The van der Waals surface area contributed by atoms with Crippen molar-refractivity contribution in [1.82, 2.24) is 10.7 Å². The molecule has 0 heterocycles. The summed E-state index contributed by atoms with van der Waals surface area (Å²) < 4.78 is 5.74. The molecule has 2 rings (SSSR count). The zero-order chi connectivity index (χ0) is 21.6. The van der Waals surface area contributed by atoms with Crippen LogP contribution in [0.2, 0.25) is 5.02 Å². The van der Waals surface area contributed by atoms with Crippen molar-refractivity contribution in [1.29, 1.82) is 0 Å². The first-order valence-electron chi connectivity index (χ1n) is 8.69. The number of nitrogens with one attached hydrogen (secondary N) is 2. The number of hydrogen-bond acceptors (Lipinski definition) is 5. The SMILES string of the molecule is COc1cc(Br)cc(/C=N/NC(=O)C(NC(=O)c2ccccc2Cl)C(C)C)c1O. The van der Waals surface area contributed by atoms with Gasteiger partial charge in [0.25, 0.3) is 11.8 Å². The number of phenols is 1. The molecule has 2 amide bonds. The number of benzene rings is 2. The lowest BCUT2D eigenvalue weighted by molar-refractivity contribution is -0.123. The summed E-state index contributed by atoms with van der Waals surface area (Å²) in [5, 5.41) is 17.0. The van der Waals surface area contributed by atoms with E-state index in [0.717, 1.165) is 0 Å². The lowest BCUT2D eigenvalue weighted by Gasteiger charge is -2.20. The summed E-state index contributed by atoms with van der Waals surface area (Å²) in [5.74, 6) is -1.00. The van der Waals surface area contributed by atoms with Crippen LogP contribution < -0.4 is 15.5 Å². The van der Waals surface area contributed by atoms with Crippen molar-refractivity contribution in [3.8, 4) is 11.5 Å². The van der Waals surface area contributed by atoms with E-state index in [1.54, 1.807) is 50.2 Å². The second-order valence-electron chi connectivity index (χ2n) is 6.46. The Labute approximate surface area is 182 Å². The second-order valence-corrected chi connectivity index (χ2v) is 7.78. The van der Waals surface area contributed by atoms with Crippen LogP contribution in [0, 0.1) is 5.92 Å². The van der Waals surface area contributed by atoms with E-state index in [0.29, 0.717) is 15.1 Å². The molecule has 0 aliphatic heterocycles. The lowest BCUT2D eigenvalue weighted by atomic mass is 10.0. The third kappa shape index (κ3) is 5.95. The van der Waals surface area contributed by atoms with Gasteiger partial charge in [-0.3, -0.25) is 9.59 Å². The highest BCUT2D eigenvalue weighted by molar-refractivity contribution is 9.10. The summed E-state index contributed by atoms with van der Waals surface area (Å²) >= 11 is 9.35. The van der Waals surface area contributed by atoms with Gasteiger partial charge in [0.2, 0.25) is 0 Å². The monoisotopic (exact) mass is 481 g/mol. The first-order chi connectivity index (χ1) is 13.7. The molecule has 0 saturated carbocycles. The van der Waals surface area contributed by atoms with Gasteiger partial charge in [-0.15, -0.1) is 0 Å². The minimum Gasteiger partial charge on any atom is -0.504 e. The van der Waals surface area contributed by atoms with Crippen LogP contribution >= 0.6 is 27.5 Å². The first kappa shape index (κ1) is 22.7. The van der Waals surface area contributed by atoms with Crippen molar-refractivity contribution in [2.24, 2.45) is 11.0 Å². The zero-order valence-corrected chi connectivity index (χ0v) is 18.4. The van der Waals surface area contributed by atoms with E-state index in [4.69, 9.17) is 16.3 Å². The lowest BCUT2D eigenvalue weighted by Crippen LogP contribution is -2.48. The van der Waals surface area contributed by atoms with Gasteiger partial charge in [0.05, 0.1) is 23.9 Å². The molecule has 29 heavy (non-hydrogen) atoms. The van der Waals surface area contributed by atoms with Gasteiger partial charge in [-0.2, -0.15) is 5.10 Å². The number of carbonyl (C=O) groups excluding carboxylic acids is 2. The molecule has 2 aromatic carbocycles. The topological polar surface area (TPSA) is 100 Å². The van der Waals surface area contributed by atoms with Crippen LogP contribution in [0.3, 0.4) is 0 Å². The number of hydrazone groups is 1. The van der Waals surface area contributed by atoms with Gasteiger partial charge in [-0.25, -0.2) is 5.43 Å². The Bertz CT molecular complexity index is 934. The molecule has 0 aromatic heterocycles. The van der Waals surface area contributed by atoms with Crippen LogP contribution in [0.1, 0.15) is 29.8 Å². The quantitative estimate of drug-likeness (QED) is 0.414. The number of methoxy groups -OCH3 is 1. The molecule has 0 aliphatic rings. The fourth-order valence-electron chi connectivity index (χ4n) is 2.48. The van der Waals surface area contributed by atoms with E-state index < -0.39 is 17.9 Å².